The fraction of sp³-hybridized carbons (Fsp3) is 0.667. The topological polar surface area (TPSA) is 42.0 Å². The van der Waals surface area contributed by atoms with Crippen LogP contribution in [0.25, 0.3) is 0 Å². The summed E-state index contributed by atoms with van der Waals surface area (Å²) in [5.74, 6) is 0.301. The van der Waals surface area contributed by atoms with Crippen LogP contribution in [0.2, 0.25) is 0 Å². The van der Waals surface area contributed by atoms with Gasteiger partial charge in [0.1, 0.15) is 0 Å². The molecular weight excluding hydrogens is 328 g/mol. The van der Waals surface area contributed by atoms with Gasteiger partial charge in [-0.15, -0.1) is 0 Å². The van der Waals surface area contributed by atoms with Crippen molar-refractivity contribution in [2.24, 2.45) is 0 Å². The number of hydrogen-bond acceptors (Lipinski definition) is 4. The van der Waals surface area contributed by atoms with E-state index >= 15 is 0 Å². The zero-order valence-electron chi connectivity index (χ0n) is 15.8. The highest BCUT2D eigenvalue weighted by Gasteiger charge is 2.21. The predicted octanol–water partition coefficient (Wildman–Crippen LogP) is 2.35. The molecule has 1 unspecified atom stereocenters. The van der Waals surface area contributed by atoms with E-state index in [0.717, 1.165) is 78.2 Å². The molecule has 0 radical (unpaired) electrons. The molecular formula is C21H32N2O3. The number of rotatable bonds is 9. The smallest absolute Gasteiger partial charge is 0.222 e. The molecule has 2 aliphatic heterocycles. The van der Waals surface area contributed by atoms with E-state index in [0.29, 0.717) is 18.4 Å². The predicted molar refractivity (Wildman–Crippen MR) is 102 cm³/mol. The van der Waals surface area contributed by atoms with E-state index in [1.54, 1.807) is 0 Å². The van der Waals surface area contributed by atoms with Crippen LogP contribution in [-0.4, -0.2) is 74.4 Å². The van der Waals surface area contributed by atoms with Crippen LogP contribution >= 0.6 is 0 Å². The largest absolute Gasteiger partial charge is 0.377 e. The lowest BCUT2D eigenvalue weighted by molar-refractivity contribution is -0.133. The van der Waals surface area contributed by atoms with Crippen molar-refractivity contribution in [2.75, 3.05) is 52.5 Å². The summed E-state index contributed by atoms with van der Waals surface area (Å²) >= 11 is 0. The lowest BCUT2D eigenvalue weighted by Crippen LogP contribution is -2.49. The minimum absolute atomic E-state index is 0.301. The zero-order chi connectivity index (χ0) is 18.0. The fourth-order valence-electron chi connectivity index (χ4n) is 3.65. The summed E-state index contributed by atoms with van der Waals surface area (Å²) in [6.45, 7) is 6.90. The third kappa shape index (κ3) is 6.38. The highest BCUT2D eigenvalue weighted by molar-refractivity contribution is 5.76. The molecule has 0 bridgehead atoms. The maximum Gasteiger partial charge on any atom is 0.222 e. The molecule has 1 atom stereocenters. The van der Waals surface area contributed by atoms with E-state index < -0.39 is 0 Å². The van der Waals surface area contributed by atoms with Crippen LogP contribution in [0.3, 0.4) is 0 Å². The van der Waals surface area contributed by atoms with Gasteiger partial charge in [-0.05, 0) is 31.2 Å². The Balaban J connectivity index is 1.24. The SMILES string of the molecule is O=C(CCCc1ccccc1)N1CCN(CCOCC2CCCO2)CC1. The normalized spacial score (nSPS) is 21.2. The van der Waals surface area contributed by atoms with Crippen molar-refractivity contribution >= 4 is 5.91 Å². The van der Waals surface area contributed by atoms with Gasteiger partial charge in [-0.2, -0.15) is 0 Å². The van der Waals surface area contributed by atoms with Crippen LogP contribution in [0.15, 0.2) is 30.3 Å². The zero-order valence-corrected chi connectivity index (χ0v) is 15.8. The Morgan fingerprint density at radius 3 is 2.69 bits per heavy atom. The molecule has 1 aromatic carbocycles. The van der Waals surface area contributed by atoms with Gasteiger partial charge in [0, 0.05) is 45.8 Å². The summed E-state index contributed by atoms with van der Waals surface area (Å²) in [5.41, 5.74) is 1.31. The minimum atomic E-state index is 0.301. The summed E-state index contributed by atoms with van der Waals surface area (Å²) in [5, 5.41) is 0. The maximum absolute atomic E-state index is 12.4. The second-order valence-electron chi connectivity index (χ2n) is 7.27. The van der Waals surface area contributed by atoms with Crippen LogP contribution in [0, 0.1) is 0 Å². The number of piperazine rings is 1. The first-order chi connectivity index (χ1) is 12.8. The fourth-order valence-corrected chi connectivity index (χ4v) is 3.65. The molecule has 2 fully saturated rings. The van der Waals surface area contributed by atoms with Gasteiger partial charge in [0.2, 0.25) is 5.91 Å². The number of aryl methyl sites for hydroxylation is 1. The second-order valence-corrected chi connectivity index (χ2v) is 7.27. The molecule has 0 aliphatic carbocycles. The van der Waals surface area contributed by atoms with E-state index in [1.165, 1.54) is 5.56 Å². The summed E-state index contributed by atoms with van der Waals surface area (Å²) in [4.78, 5) is 16.8. The Morgan fingerprint density at radius 1 is 1.15 bits per heavy atom. The van der Waals surface area contributed by atoms with E-state index in [2.05, 4.69) is 29.2 Å². The molecule has 1 aromatic rings. The monoisotopic (exact) mass is 360 g/mol. The van der Waals surface area contributed by atoms with Crippen molar-refractivity contribution in [1.29, 1.82) is 0 Å². The molecule has 2 saturated heterocycles. The molecule has 144 valence electrons. The molecule has 26 heavy (non-hydrogen) atoms. The second kappa shape index (κ2) is 10.7. The first-order valence-corrected chi connectivity index (χ1v) is 10.0. The number of nitrogens with zero attached hydrogens (tertiary/aromatic N) is 2. The number of benzene rings is 1. The first-order valence-electron chi connectivity index (χ1n) is 10.0. The Kier molecular flexibility index (Phi) is 7.92. The first kappa shape index (κ1) is 19.3. The minimum Gasteiger partial charge on any atom is -0.377 e. The Hall–Kier alpha value is -1.43. The van der Waals surface area contributed by atoms with E-state index in [9.17, 15) is 4.79 Å². The van der Waals surface area contributed by atoms with Crippen molar-refractivity contribution in [3.63, 3.8) is 0 Å². The number of hydrogen-bond donors (Lipinski definition) is 0. The van der Waals surface area contributed by atoms with Crippen LogP contribution in [0.4, 0.5) is 0 Å². The molecule has 5 nitrogen and oxygen atoms in total. The van der Waals surface area contributed by atoms with E-state index in [-0.39, 0.29) is 0 Å². The molecule has 1 amide bonds. The van der Waals surface area contributed by atoms with Gasteiger partial charge in [-0.3, -0.25) is 9.69 Å². The van der Waals surface area contributed by atoms with Gasteiger partial charge in [0.15, 0.2) is 0 Å². The van der Waals surface area contributed by atoms with Gasteiger partial charge in [0.25, 0.3) is 0 Å². The molecule has 2 aliphatic rings. The third-order valence-electron chi connectivity index (χ3n) is 5.30. The highest BCUT2D eigenvalue weighted by atomic mass is 16.5. The molecule has 0 saturated carbocycles. The van der Waals surface area contributed by atoms with Gasteiger partial charge in [0.05, 0.1) is 19.3 Å². The standard InChI is InChI=1S/C21H32N2O3/c24-21(10-4-8-19-6-2-1-3-7-19)23-13-11-22(12-14-23)15-17-25-18-20-9-5-16-26-20/h1-3,6-7,20H,4-5,8-18H2. The van der Waals surface area contributed by atoms with Crippen LogP contribution in [0.1, 0.15) is 31.2 Å². The van der Waals surface area contributed by atoms with Crippen molar-refractivity contribution < 1.29 is 14.3 Å². The van der Waals surface area contributed by atoms with Crippen LogP contribution in [0.5, 0.6) is 0 Å². The van der Waals surface area contributed by atoms with Gasteiger partial charge in [-0.25, -0.2) is 0 Å². The van der Waals surface area contributed by atoms with Crippen molar-refractivity contribution in [3.05, 3.63) is 35.9 Å². The summed E-state index contributed by atoms with van der Waals surface area (Å²) in [6, 6.07) is 10.4. The van der Waals surface area contributed by atoms with Gasteiger partial charge < -0.3 is 14.4 Å². The van der Waals surface area contributed by atoms with Crippen molar-refractivity contribution in [3.8, 4) is 0 Å². The third-order valence-corrected chi connectivity index (χ3v) is 5.30. The summed E-state index contributed by atoms with van der Waals surface area (Å²) < 4.78 is 11.3. The number of amides is 1. The van der Waals surface area contributed by atoms with Crippen LogP contribution < -0.4 is 0 Å². The Morgan fingerprint density at radius 2 is 1.96 bits per heavy atom. The average molecular weight is 360 g/mol. The van der Waals surface area contributed by atoms with Crippen molar-refractivity contribution in [1.82, 2.24) is 9.80 Å². The summed E-state index contributed by atoms with van der Waals surface area (Å²) in [7, 11) is 0. The quantitative estimate of drug-likeness (QED) is 0.634. The lowest BCUT2D eigenvalue weighted by Gasteiger charge is -2.34. The van der Waals surface area contributed by atoms with Gasteiger partial charge in [-0.1, -0.05) is 30.3 Å². The number of carbonyl (C=O) groups excluding carboxylic acids is 1. The molecule has 0 spiro atoms. The molecule has 3 rings (SSSR count). The summed E-state index contributed by atoms with van der Waals surface area (Å²) in [6.07, 6.45) is 5.16. The van der Waals surface area contributed by atoms with Crippen LogP contribution in [-0.2, 0) is 20.7 Å². The molecule has 0 aromatic heterocycles. The number of carbonyl (C=O) groups is 1. The molecule has 5 heteroatoms. The van der Waals surface area contributed by atoms with E-state index in [4.69, 9.17) is 9.47 Å². The molecule has 0 N–H and O–H groups in total. The Labute approximate surface area is 157 Å². The lowest BCUT2D eigenvalue weighted by atomic mass is 10.1. The van der Waals surface area contributed by atoms with Gasteiger partial charge >= 0.3 is 0 Å². The number of ether oxygens (including phenoxy) is 2. The Bertz CT molecular complexity index is 523. The maximum atomic E-state index is 12.4. The molecule has 2 heterocycles. The average Bonchev–Trinajstić information content (AvgIpc) is 3.20. The van der Waals surface area contributed by atoms with E-state index in [1.807, 2.05) is 11.0 Å². The van der Waals surface area contributed by atoms with Crippen molar-refractivity contribution in [2.45, 2.75) is 38.2 Å². The highest BCUT2D eigenvalue weighted by Crippen LogP contribution is 2.12.